The number of amides is 1. The zero-order valence-corrected chi connectivity index (χ0v) is 14.6. The standard InChI is InChI=1S/C16H20ClN3OS/c1-11-9-12(2)20(19-11)8-4-7-18-16(21)14-10-13(22-3)5-6-15(14)17/h5-6,9-10H,4,7-8H2,1-3H3,(H,18,21). The highest BCUT2D eigenvalue weighted by Gasteiger charge is 2.10. The number of benzene rings is 1. The summed E-state index contributed by atoms with van der Waals surface area (Å²) < 4.78 is 1.96. The molecule has 0 radical (unpaired) electrons. The minimum absolute atomic E-state index is 0.130. The monoisotopic (exact) mass is 337 g/mol. The fourth-order valence-corrected chi connectivity index (χ4v) is 2.88. The van der Waals surface area contributed by atoms with Crippen LogP contribution in [0.5, 0.6) is 0 Å². The van der Waals surface area contributed by atoms with Crippen molar-refractivity contribution in [1.29, 1.82) is 0 Å². The Morgan fingerprint density at radius 2 is 2.14 bits per heavy atom. The van der Waals surface area contributed by atoms with Crippen LogP contribution in [0.25, 0.3) is 0 Å². The molecular weight excluding hydrogens is 318 g/mol. The highest BCUT2D eigenvalue weighted by Crippen LogP contribution is 2.22. The molecule has 0 spiro atoms. The van der Waals surface area contributed by atoms with E-state index in [1.54, 1.807) is 17.8 Å². The van der Waals surface area contributed by atoms with Gasteiger partial charge in [-0.2, -0.15) is 5.10 Å². The van der Waals surface area contributed by atoms with Crippen LogP contribution in [0.1, 0.15) is 28.2 Å². The Bertz CT molecular complexity index is 669. The molecule has 1 aromatic carbocycles. The van der Waals surface area contributed by atoms with Crippen molar-refractivity contribution < 1.29 is 4.79 Å². The lowest BCUT2D eigenvalue weighted by atomic mass is 10.2. The van der Waals surface area contributed by atoms with E-state index in [0.29, 0.717) is 17.1 Å². The lowest BCUT2D eigenvalue weighted by molar-refractivity contribution is 0.0952. The molecule has 1 aromatic heterocycles. The summed E-state index contributed by atoms with van der Waals surface area (Å²) in [6.45, 7) is 5.40. The zero-order valence-electron chi connectivity index (χ0n) is 13.0. The Morgan fingerprint density at radius 1 is 1.36 bits per heavy atom. The molecule has 1 amide bonds. The molecule has 0 bridgehead atoms. The number of nitrogens with zero attached hydrogens (tertiary/aromatic N) is 2. The Morgan fingerprint density at radius 3 is 2.77 bits per heavy atom. The maximum atomic E-state index is 12.2. The summed E-state index contributed by atoms with van der Waals surface area (Å²) in [7, 11) is 0. The van der Waals surface area contributed by atoms with Crippen molar-refractivity contribution in [2.45, 2.75) is 31.7 Å². The number of carbonyl (C=O) groups is 1. The summed E-state index contributed by atoms with van der Waals surface area (Å²) in [5.41, 5.74) is 2.68. The molecule has 118 valence electrons. The molecule has 0 unspecified atom stereocenters. The van der Waals surface area contributed by atoms with Gasteiger partial charge in [-0.15, -0.1) is 11.8 Å². The number of aryl methyl sites for hydroxylation is 3. The maximum Gasteiger partial charge on any atom is 0.252 e. The number of thioether (sulfide) groups is 1. The van der Waals surface area contributed by atoms with E-state index in [4.69, 9.17) is 11.6 Å². The van der Waals surface area contributed by atoms with E-state index in [1.165, 1.54) is 0 Å². The Kier molecular flexibility index (Phi) is 5.91. The van der Waals surface area contributed by atoms with Crippen LogP contribution < -0.4 is 5.32 Å². The summed E-state index contributed by atoms with van der Waals surface area (Å²) in [5, 5.41) is 7.80. The number of halogens is 1. The van der Waals surface area contributed by atoms with Crippen LogP contribution in [-0.4, -0.2) is 28.5 Å². The molecule has 0 saturated heterocycles. The quantitative estimate of drug-likeness (QED) is 0.646. The average Bonchev–Trinajstić information content (AvgIpc) is 2.82. The molecular formula is C16H20ClN3OS. The van der Waals surface area contributed by atoms with E-state index < -0.39 is 0 Å². The number of aromatic nitrogens is 2. The molecule has 0 fully saturated rings. The second-order valence-corrected chi connectivity index (χ2v) is 6.39. The third kappa shape index (κ3) is 4.27. The van der Waals surface area contributed by atoms with Crippen molar-refractivity contribution in [2.24, 2.45) is 0 Å². The van der Waals surface area contributed by atoms with Gasteiger partial charge >= 0.3 is 0 Å². The van der Waals surface area contributed by atoms with Gasteiger partial charge in [-0.25, -0.2) is 0 Å². The van der Waals surface area contributed by atoms with E-state index in [2.05, 4.69) is 10.4 Å². The Labute approximate surface area is 140 Å². The van der Waals surface area contributed by atoms with Gasteiger partial charge in [-0.1, -0.05) is 11.6 Å². The molecule has 2 rings (SSSR count). The highest BCUT2D eigenvalue weighted by atomic mass is 35.5. The number of nitrogens with one attached hydrogen (secondary N) is 1. The van der Waals surface area contributed by atoms with Crippen LogP contribution in [0.15, 0.2) is 29.2 Å². The molecule has 0 aliphatic carbocycles. The van der Waals surface area contributed by atoms with Gasteiger partial charge in [0.25, 0.3) is 5.91 Å². The van der Waals surface area contributed by atoms with Crippen molar-refractivity contribution >= 4 is 29.3 Å². The molecule has 0 atom stereocenters. The maximum absolute atomic E-state index is 12.2. The first-order valence-corrected chi connectivity index (χ1v) is 8.74. The minimum atomic E-state index is -0.130. The zero-order chi connectivity index (χ0) is 16.1. The molecule has 1 N–H and O–H groups in total. The van der Waals surface area contributed by atoms with Crippen LogP contribution in [0.3, 0.4) is 0 Å². The fourth-order valence-electron chi connectivity index (χ4n) is 2.23. The van der Waals surface area contributed by atoms with Crippen LogP contribution in [0.4, 0.5) is 0 Å². The molecule has 1 heterocycles. The van der Waals surface area contributed by atoms with Crippen molar-refractivity contribution in [3.05, 3.63) is 46.2 Å². The number of rotatable bonds is 6. The minimum Gasteiger partial charge on any atom is -0.352 e. The van der Waals surface area contributed by atoms with E-state index in [-0.39, 0.29) is 5.91 Å². The van der Waals surface area contributed by atoms with E-state index >= 15 is 0 Å². The largest absolute Gasteiger partial charge is 0.352 e. The fraction of sp³-hybridized carbons (Fsp3) is 0.375. The molecule has 22 heavy (non-hydrogen) atoms. The van der Waals surface area contributed by atoms with Crippen molar-refractivity contribution in [1.82, 2.24) is 15.1 Å². The van der Waals surface area contributed by atoms with E-state index in [0.717, 1.165) is 29.2 Å². The topological polar surface area (TPSA) is 46.9 Å². The predicted molar refractivity (Wildman–Crippen MR) is 91.9 cm³/mol. The number of hydrogen-bond donors (Lipinski definition) is 1. The summed E-state index contributed by atoms with van der Waals surface area (Å²) in [4.78, 5) is 13.2. The molecule has 6 heteroatoms. The molecule has 0 aliphatic heterocycles. The SMILES string of the molecule is CSc1ccc(Cl)c(C(=O)NCCCn2nc(C)cc2C)c1. The van der Waals surface area contributed by atoms with Crippen LogP contribution in [0, 0.1) is 13.8 Å². The van der Waals surface area contributed by atoms with Gasteiger partial charge in [0.15, 0.2) is 0 Å². The highest BCUT2D eigenvalue weighted by molar-refractivity contribution is 7.98. The Hall–Kier alpha value is -1.46. The summed E-state index contributed by atoms with van der Waals surface area (Å²) >= 11 is 7.68. The summed E-state index contributed by atoms with van der Waals surface area (Å²) in [5.74, 6) is -0.130. The second kappa shape index (κ2) is 7.70. The van der Waals surface area contributed by atoms with Crippen LogP contribution in [0.2, 0.25) is 5.02 Å². The number of hydrogen-bond acceptors (Lipinski definition) is 3. The first-order valence-electron chi connectivity index (χ1n) is 7.14. The molecule has 0 saturated carbocycles. The van der Waals surface area contributed by atoms with Crippen molar-refractivity contribution in [3.63, 3.8) is 0 Å². The Balaban J connectivity index is 1.86. The van der Waals surface area contributed by atoms with Gasteiger partial charge in [0.2, 0.25) is 0 Å². The van der Waals surface area contributed by atoms with Gasteiger partial charge in [0.05, 0.1) is 16.3 Å². The van der Waals surface area contributed by atoms with Crippen LogP contribution in [-0.2, 0) is 6.54 Å². The van der Waals surface area contributed by atoms with Crippen molar-refractivity contribution in [3.8, 4) is 0 Å². The normalized spacial score (nSPS) is 10.7. The average molecular weight is 338 g/mol. The van der Waals surface area contributed by atoms with Gasteiger partial charge in [-0.05, 0) is 50.8 Å². The summed E-state index contributed by atoms with van der Waals surface area (Å²) in [6, 6.07) is 7.54. The smallest absolute Gasteiger partial charge is 0.252 e. The first kappa shape index (κ1) is 16.9. The van der Waals surface area contributed by atoms with E-state index in [1.807, 2.05) is 43.0 Å². The third-order valence-electron chi connectivity index (χ3n) is 3.35. The predicted octanol–water partition coefficient (Wildman–Crippen LogP) is 3.70. The molecule has 4 nitrogen and oxygen atoms in total. The lowest BCUT2D eigenvalue weighted by Gasteiger charge is -2.09. The van der Waals surface area contributed by atoms with Crippen LogP contribution >= 0.6 is 23.4 Å². The third-order valence-corrected chi connectivity index (χ3v) is 4.41. The molecule has 0 aliphatic rings. The van der Waals surface area contributed by atoms with Crippen molar-refractivity contribution in [2.75, 3.05) is 12.8 Å². The van der Waals surface area contributed by atoms with Gasteiger partial charge in [0, 0.05) is 23.7 Å². The lowest BCUT2D eigenvalue weighted by Crippen LogP contribution is -2.25. The van der Waals surface area contributed by atoms with Gasteiger partial charge < -0.3 is 5.32 Å². The van der Waals surface area contributed by atoms with E-state index in [9.17, 15) is 4.79 Å². The number of carbonyl (C=O) groups excluding carboxylic acids is 1. The van der Waals surface area contributed by atoms with Gasteiger partial charge in [-0.3, -0.25) is 9.48 Å². The summed E-state index contributed by atoms with van der Waals surface area (Å²) in [6.07, 6.45) is 2.80. The molecule has 2 aromatic rings. The second-order valence-electron chi connectivity index (χ2n) is 5.11. The first-order chi connectivity index (χ1) is 10.5. The van der Waals surface area contributed by atoms with Gasteiger partial charge in [0.1, 0.15) is 0 Å².